The molecule has 6 heteroatoms. The molecular weight excluding hydrogens is 354 g/mol. The summed E-state index contributed by atoms with van der Waals surface area (Å²) in [5.74, 6) is 0.703. The Labute approximate surface area is 165 Å². The fourth-order valence-corrected chi connectivity index (χ4v) is 2.94. The van der Waals surface area contributed by atoms with E-state index in [0.717, 1.165) is 36.0 Å². The Balaban J connectivity index is 1.49. The van der Waals surface area contributed by atoms with E-state index in [1.165, 1.54) is 6.42 Å². The SMILES string of the molecule is CCCCC(CC)COC(=O)COc1ccc(-n2nc3ccccc3n2)cc1. The van der Waals surface area contributed by atoms with Crippen molar-refractivity contribution in [3.8, 4) is 11.4 Å². The molecule has 148 valence electrons. The lowest BCUT2D eigenvalue weighted by Crippen LogP contribution is -2.19. The second-order valence-electron chi connectivity index (χ2n) is 6.86. The van der Waals surface area contributed by atoms with Crippen LogP contribution in [0.3, 0.4) is 0 Å². The van der Waals surface area contributed by atoms with E-state index in [0.29, 0.717) is 18.3 Å². The van der Waals surface area contributed by atoms with Gasteiger partial charge in [0, 0.05) is 0 Å². The molecule has 0 spiro atoms. The number of carbonyl (C=O) groups excluding carboxylic acids is 1. The van der Waals surface area contributed by atoms with Crippen LogP contribution >= 0.6 is 0 Å². The number of unbranched alkanes of at least 4 members (excludes halogenated alkanes) is 1. The zero-order valence-electron chi connectivity index (χ0n) is 16.5. The molecule has 1 heterocycles. The van der Waals surface area contributed by atoms with Gasteiger partial charge < -0.3 is 9.47 Å². The van der Waals surface area contributed by atoms with Gasteiger partial charge in [-0.1, -0.05) is 45.2 Å². The highest BCUT2D eigenvalue weighted by atomic mass is 16.6. The van der Waals surface area contributed by atoms with Crippen molar-refractivity contribution in [3.05, 3.63) is 48.5 Å². The second-order valence-corrected chi connectivity index (χ2v) is 6.86. The minimum Gasteiger partial charge on any atom is -0.482 e. The third-order valence-corrected chi connectivity index (χ3v) is 4.73. The number of aromatic nitrogens is 3. The van der Waals surface area contributed by atoms with Gasteiger partial charge in [-0.05, 0) is 48.7 Å². The van der Waals surface area contributed by atoms with Crippen LogP contribution in [0.2, 0.25) is 0 Å². The van der Waals surface area contributed by atoms with Crippen molar-refractivity contribution < 1.29 is 14.3 Å². The fourth-order valence-electron chi connectivity index (χ4n) is 2.94. The number of benzene rings is 2. The van der Waals surface area contributed by atoms with Gasteiger partial charge in [0.25, 0.3) is 0 Å². The molecule has 0 aliphatic rings. The molecule has 2 aromatic carbocycles. The first-order valence-corrected chi connectivity index (χ1v) is 9.90. The van der Waals surface area contributed by atoms with Crippen LogP contribution in [0.15, 0.2) is 48.5 Å². The molecule has 1 aromatic heterocycles. The molecule has 0 bridgehead atoms. The smallest absolute Gasteiger partial charge is 0.344 e. The van der Waals surface area contributed by atoms with E-state index in [-0.39, 0.29) is 12.6 Å². The maximum absolute atomic E-state index is 11.9. The summed E-state index contributed by atoms with van der Waals surface area (Å²) in [6.07, 6.45) is 4.44. The monoisotopic (exact) mass is 381 g/mol. The van der Waals surface area contributed by atoms with Crippen LogP contribution in [-0.2, 0) is 9.53 Å². The number of hydrogen-bond donors (Lipinski definition) is 0. The summed E-state index contributed by atoms with van der Waals surface area (Å²) in [6.45, 7) is 4.68. The van der Waals surface area contributed by atoms with Gasteiger partial charge in [-0.25, -0.2) is 4.79 Å². The summed E-state index contributed by atoms with van der Waals surface area (Å²) < 4.78 is 10.9. The maximum Gasteiger partial charge on any atom is 0.344 e. The molecule has 0 saturated carbocycles. The largest absolute Gasteiger partial charge is 0.482 e. The molecule has 0 aliphatic heterocycles. The quantitative estimate of drug-likeness (QED) is 0.482. The average Bonchev–Trinajstić information content (AvgIpc) is 3.17. The van der Waals surface area contributed by atoms with E-state index in [4.69, 9.17) is 9.47 Å². The van der Waals surface area contributed by atoms with Crippen LogP contribution in [0.1, 0.15) is 39.5 Å². The van der Waals surface area contributed by atoms with Crippen LogP contribution in [0, 0.1) is 5.92 Å². The van der Waals surface area contributed by atoms with Crippen molar-refractivity contribution in [1.82, 2.24) is 15.0 Å². The Bertz CT molecular complexity index is 856. The van der Waals surface area contributed by atoms with Crippen LogP contribution in [-0.4, -0.2) is 34.2 Å². The molecule has 0 amide bonds. The van der Waals surface area contributed by atoms with E-state index in [1.54, 1.807) is 16.9 Å². The molecule has 1 unspecified atom stereocenters. The molecule has 3 aromatic rings. The van der Waals surface area contributed by atoms with Crippen LogP contribution in [0.4, 0.5) is 0 Å². The Morgan fingerprint density at radius 1 is 1.04 bits per heavy atom. The Morgan fingerprint density at radius 2 is 1.71 bits per heavy atom. The van der Waals surface area contributed by atoms with Crippen LogP contribution in [0.25, 0.3) is 16.7 Å². The fraction of sp³-hybridized carbons (Fsp3) is 0.409. The normalized spacial score (nSPS) is 12.1. The van der Waals surface area contributed by atoms with Gasteiger partial charge in [0.2, 0.25) is 0 Å². The highest BCUT2D eigenvalue weighted by molar-refractivity contribution is 5.73. The van der Waals surface area contributed by atoms with E-state index in [9.17, 15) is 4.79 Å². The van der Waals surface area contributed by atoms with E-state index in [1.807, 2.05) is 36.4 Å². The molecule has 0 radical (unpaired) electrons. The summed E-state index contributed by atoms with van der Waals surface area (Å²) in [5, 5.41) is 8.90. The number of nitrogens with zero attached hydrogens (tertiary/aromatic N) is 3. The summed E-state index contributed by atoms with van der Waals surface area (Å²) in [7, 11) is 0. The summed E-state index contributed by atoms with van der Waals surface area (Å²) in [4.78, 5) is 13.5. The van der Waals surface area contributed by atoms with Crippen molar-refractivity contribution >= 4 is 17.0 Å². The van der Waals surface area contributed by atoms with E-state index >= 15 is 0 Å². The first-order chi connectivity index (χ1) is 13.7. The van der Waals surface area contributed by atoms with Crippen molar-refractivity contribution in [3.63, 3.8) is 0 Å². The maximum atomic E-state index is 11.9. The molecule has 28 heavy (non-hydrogen) atoms. The van der Waals surface area contributed by atoms with Crippen molar-refractivity contribution in [2.45, 2.75) is 39.5 Å². The Kier molecular flexibility index (Phi) is 7.00. The van der Waals surface area contributed by atoms with Gasteiger partial charge in [-0.3, -0.25) is 0 Å². The van der Waals surface area contributed by atoms with Crippen molar-refractivity contribution in [2.24, 2.45) is 5.92 Å². The molecule has 0 fully saturated rings. The second kappa shape index (κ2) is 9.88. The van der Waals surface area contributed by atoms with Gasteiger partial charge in [-0.2, -0.15) is 4.80 Å². The highest BCUT2D eigenvalue weighted by Gasteiger charge is 2.11. The zero-order chi connectivity index (χ0) is 19.8. The van der Waals surface area contributed by atoms with Gasteiger partial charge in [0.05, 0.1) is 12.3 Å². The van der Waals surface area contributed by atoms with E-state index in [2.05, 4.69) is 24.0 Å². The van der Waals surface area contributed by atoms with Crippen molar-refractivity contribution in [2.75, 3.05) is 13.2 Å². The lowest BCUT2D eigenvalue weighted by Gasteiger charge is -2.14. The molecule has 0 N–H and O–H groups in total. The number of hydrogen-bond acceptors (Lipinski definition) is 5. The predicted molar refractivity (Wildman–Crippen MR) is 109 cm³/mol. The molecule has 0 aliphatic carbocycles. The molecule has 0 saturated heterocycles. The summed E-state index contributed by atoms with van der Waals surface area (Å²) in [6, 6.07) is 15.0. The number of ether oxygens (including phenoxy) is 2. The van der Waals surface area contributed by atoms with Gasteiger partial charge in [-0.15, -0.1) is 10.2 Å². The number of rotatable bonds is 10. The lowest BCUT2D eigenvalue weighted by molar-refractivity contribution is -0.147. The standard InChI is InChI=1S/C22H27N3O3/c1-3-5-8-17(4-2)15-28-22(26)16-27-19-13-11-18(12-14-19)25-23-20-9-6-7-10-21(20)24-25/h6-7,9-14,17H,3-5,8,15-16H2,1-2H3. The number of esters is 1. The average molecular weight is 381 g/mol. The van der Waals surface area contributed by atoms with Gasteiger partial charge in [0.1, 0.15) is 16.8 Å². The number of fused-ring (bicyclic) bond motifs is 1. The minimum absolute atomic E-state index is 0.0898. The minimum atomic E-state index is -0.334. The van der Waals surface area contributed by atoms with E-state index < -0.39 is 0 Å². The van der Waals surface area contributed by atoms with Crippen LogP contribution < -0.4 is 4.74 Å². The van der Waals surface area contributed by atoms with Gasteiger partial charge >= 0.3 is 5.97 Å². The number of carbonyl (C=O) groups is 1. The third-order valence-electron chi connectivity index (χ3n) is 4.73. The highest BCUT2D eigenvalue weighted by Crippen LogP contribution is 2.17. The molecule has 6 nitrogen and oxygen atoms in total. The Hall–Kier alpha value is -2.89. The first kappa shape index (κ1) is 19.9. The van der Waals surface area contributed by atoms with Gasteiger partial charge in [0.15, 0.2) is 6.61 Å². The molecule has 3 rings (SSSR count). The summed E-state index contributed by atoms with van der Waals surface area (Å²) >= 11 is 0. The topological polar surface area (TPSA) is 66.2 Å². The van der Waals surface area contributed by atoms with Crippen molar-refractivity contribution in [1.29, 1.82) is 0 Å². The lowest BCUT2D eigenvalue weighted by atomic mass is 10.0. The third kappa shape index (κ3) is 5.31. The Morgan fingerprint density at radius 3 is 2.32 bits per heavy atom. The van der Waals surface area contributed by atoms with Crippen LogP contribution in [0.5, 0.6) is 5.75 Å². The summed E-state index contributed by atoms with van der Waals surface area (Å²) in [5.41, 5.74) is 2.51. The predicted octanol–water partition coefficient (Wildman–Crippen LogP) is 4.56. The first-order valence-electron chi connectivity index (χ1n) is 9.90. The molecule has 1 atom stereocenters. The zero-order valence-corrected chi connectivity index (χ0v) is 16.5. The molecular formula is C22H27N3O3.